The Bertz CT molecular complexity index is 803. The maximum atomic E-state index is 5.46. The Balaban J connectivity index is 2.10. The number of H-pyrrole nitrogens is 1. The Morgan fingerprint density at radius 1 is 1.35 bits per heavy atom. The largest absolute Gasteiger partial charge is 0.328 e. The van der Waals surface area contributed by atoms with Gasteiger partial charge >= 0.3 is 0 Å². The molecule has 6 nitrogen and oxygen atoms in total. The summed E-state index contributed by atoms with van der Waals surface area (Å²) >= 11 is 5.46. The van der Waals surface area contributed by atoms with E-state index in [0.717, 1.165) is 40.0 Å². The normalized spacial score (nSPS) is 11.6. The summed E-state index contributed by atoms with van der Waals surface area (Å²) in [6.45, 7) is 2.86. The van der Waals surface area contributed by atoms with Gasteiger partial charge in [-0.3, -0.25) is 13.9 Å². The van der Waals surface area contributed by atoms with Gasteiger partial charge in [0.1, 0.15) is 5.52 Å². The molecule has 0 saturated carbocycles. The highest BCUT2D eigenvalue weighted by atomic mass is 32.1. The first-order valence-electron chi connectivity index (χ1n) is 6.72. The van der Waals surface area contributed by atoms with Crippen molar-refractivity contribution in [1.29, 1.82) is 0 Å². The van der Waals surface area contributed by atoms with Gasteiger partial charge in [0.05, 0.1) is 18.4 Å². The minimum atomic E-state index is 0.706. The highest BCUT2D eigenvalue weighted by Gasteiger charge is 2.15. The maximum absolute atomic E-state index is 5.46. The molecule has 0 spiro atoms. The minimum absolute atomic E-state index is 0.706. The molecule has 0 aromatic carbocycles. The van der Waals surface area contributed by atoms with Crippen LogP contribution in [0, 0.1) is 4.77 Å². The fraction of sp³-hybridized carbons (Fsp3) is 0.462. The average molecular weight is 290 g/mol. The molecule has 1 N–H and O–H groups in total. The van der Waals surface area contributed by atoms with Crippen molar-refractivity contribution in [2.24, 2.45) is 14.1 Å². The number of hydrogen-bond acceptors (Lipinski definition) is 3. The number of nitrogens with one attached hydrogen (secondary N) is 1. The molecule has 0 fully saturated rings. The second kappa shape index (κ2) is 4.90. The van der Waals surface area contributed by atoms with E-state index in [-0.39, 0.29) is 0 Å². The predicted molar refractivity (Wildman–Crippen MR) is 80.2 cm³/mol. The monoisotopic (exact) mass is 290 g/mol. The fourth-order valence-electron chi connectivity index (χ4n) is 2.57. The second-order valence-electron chi connectivity index (χ2n) is 5.06. The minimum Gasteiger partial charge on any atom is -0.328 e. The lowest BCUT2D eigenvalue weighted by atomic mass is 10.2. The number of fused-ring (bicyclic) bond motifs is 1. The molecule has 106 valence electrons. The first-order chi connectivity index (χ1) is 9.60. The number of imidazole rings is 1. The van der Waals surface area contributed by atoms with Crippen molar-refractivity contribution in [2.45, 2.75) is 26.3 Å². The summed E-state index contributed by atoms with van der Waals surface area (Å²) in [5.41, 5.74) is 4.31. The highest BCUT2D eigenvalue weighted by Crippen LogP contribution is 2.20. The molecule has 20 heavy (non-hydrogen) atoms. The van der Waals surface area contributed by atoms with Crippen LogP contribution in [0.1, 0.15) is 24.6 Å². The molecular formula is C13H18N6S. The summed E-state index contributed by atoms with van der Waals surface area (Å²) in [6, 6.07) is 0. The molecule has 3 heterocycles. The van der Waals surface area contributed by atoms with Crippen LogP contribution in [0.4, 0.5) is 0 Å². The molecule has 0 saturated heterocycles. The van der Waals surface area contributed by atoms with Gasteiger partial charge in [-0.2, -0.15) is 10.2 Å². The third kappa shape index (κ3) is 2.07. The zero-order valence-corrected chi connectivity index (χ0v) is 12.7. The van der Waals surface area contributed by atoms with E-state index < -0.39 is 0 Å². The third-order valence-electron chi connectivity index (χ3n) is 3.41. The van der Waals surface area contributed by atoms with Crippen LogP contribution in [0.15, 0.2) is 12.4 Å². The van der Waals surface area contributed by atoms with Crippen molar-refractivity contribution in [3.05, 3.63) is 28.4 Å². The SMILES string of the molecule is CCCc1nn(C)c2c1[nH]c(=S)n2Cc1cnn(C)c1. The first kappa shape index (κ1) is 13.1. The van der Waals surface area contributed by atoms with Gasteiger partial charge in [-0.05, 0) is 18.6 Å². The van der Waals surface area contributed by atoms with Gasteiger partial charge in [0, 0.05) is 25.9 Å². The summed E-state index contributed by atoms with van der Waals surface area (Å²) in [7, 11) is 3.88. The van der Waals surface area contributed by atoms with Crippen LogP contribution in [0.5, 0.6) is 0 Å². The Hall–Kier alpha value is -1.89. The number of rotatable bonds is 4. The zero-order valence-electron chi connectivity index (χ0n) is 11.9. The Kier molecular flexibility index (Phi) is 3.21. The van der Waals surface area contributed by atoms with E-state index in [0.29, 0.717) is 6.54 Å². The highest BCUT2D eigenvalue weighted by molar-refractivity contribution is 7.71. The van der Waals surface area contributed by atoms with Gasteiger partial charge in [-0.25, -0.2) is 0 Å². The molecule has 0 aliphatic carbocycles. The summed E-state index contributed by atoms with van der Waals surface area (Å²) in [4.78, 5) is 3.30. The standard InChI is InChI=1S/C13H18N6S/c1-4-5-10-11-12(18(3)16-10)19(13(20)15-11)8-9-6-14-17(2)7-9/h6-7H,4-5,8H2,1-3H3,(H,15,20). The zero-order chi connectivity index (χ0) is 14.3. The lowest BCUT2D eigenvalue weighted by Gasteiger charge is -2.02. The molecule has 0 radical (unpaired) electrons. The summed E-state index contributed by atoms with van der Waals surface area (Å²) in [5, 5.41) is 8.79. The maximum Gasteiger partial charge on any atom is 0.179 e. The fourth-order valence-corrected chi connectivity index (χ4v) is 2.83. The lowest BCUT2D eigenvalue weighted by Crippen LogP contribution is -2.04. The molecule has 0 aliphatic heterocycles. The van der Waals surface area contributed by atoms with Crippen molar-refractivity contribution in [1.82, 2.24) is 29.1 Å². The lowest BCUT2D eigenvalue weighted by molar-refractivity contribution is 0.702. The smallest absolute Gasteiger partial charge is 0.179 e. The van der Waals surface area contributed by atoms with Crippen LogP contribution in [-0.4, -0.2) is 29.1 Å². The van der Waals surface area contributed by atoms with Gasteiger partial charge in [-0.1, -0.05) is 13.3 Å². The number of hydrogen-bond donors (Lipinski definition) is 1. The second-order valence-corrected chi connectivity index (χ2v) is 5.44. The van der Waals surface area contributed by atoms with Crippen molar-refractivity contribution in [3.8, 4) is 0 Å². The third-order valence-corrected chi connectivity index (χ3v) is 3.73. The molecule has 7 heteroatoms. The van der Waals surface area contributed by atoms with Crippen molar-refractivity contribution in [2.75, 3.05) is 0 Å². The molecule has 3 rings (SSSR count). The Labute approximate surface area is 122 Å². The van der Waals surface area contributed by atoms with Crippen molar-refractivity contribution >= 4 is 23.4 Å². The Morgan fingerprint density at radius 2 is 2.15 bits per heavy atom. The van der Waals surface area contributed by atoms with E-state index in [9.17, 15) is 0 Å². The first-order valence-corrected chi connectivity index (χ1v) is 7.13. The summed E-state index contributed by atoms with van der Waals surface area (Å²) in [6.07, 6.45) is 5.90. The molecular weight excluding hydrogens is 272 g/mol. The quantitative estimate of drug-likeness (QED) is 0.749. The van der Waals surface area contributed by atoms with Gasteiger partial charge in [0.2, 0.25) is 0 Å². The van der Waals surface area contributed by atoms with E-state index in [4.69, 9.17) is 12.2 Å². The number of aromatic amines is 1. The molecule has 3 aromatic heterocycles. The summed E-state index contributed by atoms with van der Waals surface area (Å²) in [5.74, 6) is 0. The molecule has 0 bridgehead atoms. The van der Waals surface area contributed by atoms with Gasteiger partial charge < -0.3 is 4.98 Å². The number of aryl methyl sites for hydroxylation is 3. The summed E-state index contributed by atoms with van der Waals surface area (Å²) < 4.78 is 6.51. The van der Waals surface area contributed by atoms with E-state index in [1.54, 1.807) is 4.68 Å². The van der Waals surface area contributed by atoms with E-state index in [1.165, 1.54) is 0 Å². The van der Waals surface area contributed by atoms with Crippen molar-refractivity contribution in [3.63, 3.8) is 0 Å². The molecule has 3 aromatic rings. The van der Waals surface area contributed by atoms with Gasteiger partial charge in [0.25, 0.3) is 0 Å². The molecule has 0 aliphatic rings. The molecule has 0 atom stereocenters. The Morgan fingerprint density at radius 3 is 2.80 bits per heavy atom. The number of aromatic nitrogens is 6. The van der Waals surface area contributed by atoms with Gasteiger partial charge in [0.15, 0.2) is 10.4 Å². The molecule has 0 unspecified atom stereocenters. The topological polar surface area (TPSA) is 56.4 Å². The van der Waals surface area contributed by atoms with E-state index in [1.807, 2.05) is 31.2 Å². The predicted octanol–water partition coefficient (Wildman–Crippen LogP) is 2.17. The van der Waals surface area contributed by atoms with Crippen LogP contribution in [0.25, 0.3) is 11.2 Å². The number of nitrogens with zero attached hydrogens (tertiary/aromatic N) is 5. The van der Waals surface area contributed by atoms with Crippen LogP contribution in [-0.2, 0) is 27.1 Å². The van der Waals surface area contributed by atoms with Crippen molar-refractivity contribution < 1.29 is 0 Å². The molecule has 0 amide bonds. The van der Waals surface area contributed by atoms with E-state index >= 15 is 0 Å². The average Bonchev–Trinajstić information content (AvgIpc) is 3.02. The van der Waals surface area contributed by atoms with Crippen LogP contribution < -0.4 is 0 Å². The van der Waals surface area contributed by atoms with Crippen LogP contribution >= 0.6 is 12.2 Å². The van der Waals surface area contributed by atoms with E-state index in [2.05, 4.69) is 26.7 Å². The van der Waals surface area contributed by atoms with Crippen LogP contribution in [0.3, 0.4) is 0 Å². The van der Waals surface area contributed by atoms with Gasteiger partial charge in [-0.15, -0.1) is 0 Å². The van der Waals surface area contributed by atoms with Crippen LogP contribution in [0.2, 0.25) is 0 Å².